The number of hydrogen-bond acceptors (Lipinski definition) is 4. The average Bonchev–Trinajstić information content (AvgIpc) is 2.84. The van der Waals surface area contributed by atoms with Crippen molar-refractivity contribution in [1.82, 2.24) is 0 Å². The van der Waals surface area contributed by atoms with Crippen molar-refractivity contribution in [1.29, 1.82) is 0 Å². The summed E-state index contributed by atoms with van der Waals surface area (Å²) in [6, 6.07) is 11.4. The molecule has 0 radical (unpaired) electrons. The minimum Gasteiger partial charge on any atom is -0.497 e. The predicted molar refractivity (Wildman–Crippen MR) is 73.4 cm³/mol. The lowest BCUT2D eigenvalue weighted by atomic mass is 10.2. The fourth-order valence-corrected chi connectivity index (χ4v) is 1.75. The number of rotatable bonds is 6. The number of ether oxygens (including phenoxy) is 2. The number of benzene rings is 1. The van der Waals surface area contributed by atoms with E-state index >= 15 is 0 Å². The van der Waals surface area contributed by atoms with Gasteiger partial charge in [0.1, 0.15) is 29.6 Å². The molecule has 2 aromatic rings. The molecule has 0 aliphatic heterocycles. The second-order valence-electron chi connectivity index (χ2n) is 4.51. The molecule has 102 valence electrons. The number of furan rings is 1. The molecular weight excluding hydrogens is 242 g/mol. The van der Waals surface area contributed by atoms with Gasteiger partial charge in [-0.1, -0.05) is 0 Å². The zero-order valence-electron chi connectivity index (χ0n) is 11.3. The fourth-order valence-electron chi connectivity index (χ4n) is 1.75. The summed E-state index contributed by atoms with van der Waals surface area (Å²) in [5.74, 6) is 3.28. The Morgan fingerprint density at radius 2 is 1.68 bits per heavy atom. The molecule has 4 heteroatoms. The summed E-state index contributed by atoms with van der Waals surface area (Å²) >= 11 is 0. The molecule has 0 aliphatic carbocycles. The van der Waals surface area contributed by atoms with E-state index in [-0.39, 0.29) is 6.04 Å². The van der Waals surface area contributed by atoms with Crippen molar-refractivity contribution < 1.29 is 13.9 Å². The van der Waals surface area contributed by atoms with Crippen LogP contribution in [0.3, 0.4) is 0 Å². The van der Waals surface area contributed by atoms with Crippen LogP contribution in [0.1, 0.15) is 18.4 Å². The SMILES string of the molecule is COc1ccc(OCc2ccc(CC(C)N)o2)cc1. The molecule has 0 fully saturated rings. The minimum atomic E-state index is 0.0986. The first-order valence-corrected chi connectivity index (χ1v) is 6.27. The maximum atomic E-state index is 5.72. The Morgan fingerprint density at radius 3 is 2.32 bits per heavy atom. The van der Waals surface area contributed by atoms with E-state index in [0.717, 1.165) is 29.4 Å². The normalized spacial score (nSPS) is 12.2. The Bertz CT molecular complexity index is 502. The lowest BCUT2D eigenvalue weighted by molar-refractivity contribution is 0.265. The van der Waals surface area contributed by atoms with E-state index < -0.39 is 0 Å². The van der Waals surface area contributed by atoms with Gasteiger partial charge in [-0.05, 0) is 43.3 Å². The van der Waals surface area contributed by atoms with Crippen LogP contribution in [0.2, 0.25) is 0 Å². The lowest BCUT2D eigenvalue weighted by Crippen LogP contribution is -2.17. The average molecular weight is 261 g/mol. The maximum absolute atomic E-state index is 5.72. The molecule has 1 aromatic carbocycles. The van der Waals surface area contributed by atoms with Crippen LogP contribution in [0.5, 0.6) is 11.5 Å². The highest BCUT2D eigenvalue weighted by Crippen LogP contribution is 2.19. The van der Waals surface area contributed by atoms with Gasteiger partial charge in [0.15, 0.2) is 0 Å². The van der Waals surface area contributed by atoms with Gasteiger partial charge in [0.25, 0.3) is 0 Å². The highest BCUT2D eigenvalue weighted by molar-refractivity contribution is 5.31. The van der Waals surface area contributed by atoms with Crippen LogP contribution in [0.15, 0.2) is 40.8 Å². The van der Waals surface area contributed by atoms with Crippen LogP contribution in [0, 0.1) is 0 Å². The molecule has 19 heavy (non-hydrogen) atoms. The first kappa shape index (κ1) is 13.5. The Kier molecular flexibility index (Phi) is 4.47. The number of methoxy groups -OCH3 is 1. The quantitative estimate of drug-likeness (QED) is 0.868. The maximum Gasteiger partial charge on any atom is 0.146 e. The van der Waals surface area contributed by atoms with Crippen molar-refractivity contribution in [2.45, 2.75) is 26.0 Å². The predicted octanol–water partition coefficient (Wildman–Crippen LogP) is 2.76. The van der Waals surface area contributed by atoms with Crippen molar-refractivity contribution in [3.63, 3.8) is 0 Å². The summed E-state index contributed by atoms with van der Waals surface area (Å²) in [5.41, 5.74) is 5.72. The molecular formula is C15H19NO3. The molecule has 1 unspecified atom stereocenters. The third kappa shape index (κ3) is 4.03. The van der Waals surface area contributed by atoms with Crippen LogP contribution in [0.4, 0.5) is 0 Å². The first-order chi connectivity index (χ1) is 9.17. The molecule has 1 atom stereocenters. The van der Waals surface area contributed by atoms with Crippen LogP contribution >= 0.6 is 0 Å². The topological polar surface area (TPSA) is 57.6 Å². The molecule has 0 amide bonds. The van der Waals surface area contributed by atoms with Gasteiger partial charge in [-0.25, -0.2) is 0 Å². The summed E-state index contributed by atoms with van der Waals surface area (Å²) in [4.78, 5) is 0. The molecule has 2 rings (SSSR count). The third-order valence-corrected chi connectivity index (χ3v) is 2.68. The van der Waals surface area contributed by atoms with Crippen molar-refractivity contribution in [3.8, 4) is 11.5 Å². The molecule has 0 saturated carbocycles. The molecule has 0 spiro atoms. The van der Waals surface area contributed by atoms with Gasteiger partial charge in [0, 0.05) is 12.5 Å². The Morgan fingerprint density at radius 1 is 1.05 bits per heavy atom. The Balaban J connectivity index is 1.89. The van der Waals surface area contributed by atoms with Crippen LogP contribution in [-0.4, -0.2) is 13.2 Å². The smallest absolute Gasteiger partial charge is 0.146 e. The zero-order valence-corrected chi connectivity index (χ0v) is 11.3. The number of hydrogen-bond donors (Lipinski definition) is 1. The monoisotopic (exact) mass is 261 g/mol. The van der Waals surface area contributed by atoms with Crippen molar-refractivity contribution >= 4 is 0 Å². The second kappa shape index (κ2) is 6.29. The van der Waals surface area contributed by atoms with Crippen LogP contribution in [-0.2, 0) is 13.0 Å². The molecule has 1 heterocycles. The molecule has 0 aliphatic rings. The van der Waals surface area contributed by atoms with Gasteiger partial charge in [0.05, 0.1) is 7.11 Å². The minimum absolute atomic E-state index is 0.0986. The van der Waals surface area contributed by atoms with Gasteiger partial charge >= 0.3 is 0 Å². The zero-order chi connectivity index (χ0) is 13.7. The van der Waals surface area contributed by atoms with Gasteiger partial charge in [-0.15, -0.1) is 0 Å². The van der Waals surface area contributed by atoms with Crippen LogP contribution < -0.4 is 15.2 Å². The van der Waals surface area contributed by atoms with E-state index in [4.69, 9.17) is 19.6 Å². The van der Waals surface area contributed by atoms with E-state index in [1.807, 2.05) is 43.3 Å². The highest BCUT2D eigenvalue weighted by atomic mass is 16.5. The van der Waals surface area contributed by atoms with E-state index in [9.17, 15) is 0 Å². The van der Waals surface area contributed by atoms with E-state index in [2.05, 4.69) is 0 Å². The Hall–Kier alpha value is -1.94. The second-order valence-corrected chi connectivity index (χ2v) is 4.51. The van der Waals surface area contributed by atoms with E-state index in [1.54, 1.807) is 7.11 Å². The summed E-state index contributed by atoms with van der Waals surface area (Å²) in [5, 5.41) is 0. The number of nitrogens with two attached hydrogens (primary N) is 1. The van der Waals surface area contributed by atoms with Crippen molar-refractivity contribution in [2.75, 3.05) is 7.11 Å². The summed E-state index contributed by atoms with van der Waals surface area (Å²) in [6.07, 6.45) is 0.739. The van der Waals surface area contributed by atoms with Crippen molar-refractivity contribution in [2.24, 2.45) is 5.73 Å². The molecule has 2 N–H and O–H groups in total. The van der Waals surface area contributed by atoms with Crippen LogP contribution in [0.25, 0.3) is 0 Å². The Labute approximate surface area is 113 Å². The van der Waals surface area contributed by atoms with E-state index in [0.29, 0.717) is 6.61 Å². The highest BCUT2D eigenvalue weighted by Gasteiger charge is 2.05. The van der Waals surface area contributed by atoms with Gasteiger partial charge in [-0.2, -0.15) is 0 Å². The largest absolute Gasteiger partial charge is 0.497 e. The lowest BCUT2D eigenvalue weighted by Gasteiger charge is -2.05. The molecule has 4 nitrogen and oxygen atoms in total. The molecule has 0 bridgehead atoms. The molecule has 0 saturated heterocycles. The third-order valence-electron chi connectivity index (χ3n) is 2.68. The summed E-state index contributed by atoms with van der Waals surface area (Å²) in [6.45, 7) is 2.36. The summed E-state index contributed by atoms with van der Waals surface area (Å²) in [7, 11) is 1.64. The summed E-state index contributed by atoms with van der Waals surface area (Å²) < 4.78 is 16.3. The first-order valence-electron chi connectivity index (χ1n) is 6.27. The van der Waals surface area contributed by atoms with Gasteiger partial charge in [0.2, 0.25) is 0 Å². The van der Waals surface area contributed by atoms with E-state index in [1.165, 1.54) is 0 Å². The molecule has 1 aromatic heterocycles. The standard InChI is InChI=1S/C15H19NO3/c1-11(16)9-14-7-8-15(19-14)10-18-13-5-3-12(17-2)4-6-13/h3-8,11H,9-10,16H2,1-2H3. The van der Waals surface area contributed by atoms with Gasteiger partial charge < -0.3 is 19.6 Å². The van der Waals surface area contributed by atoms with Gasteiger partial charge in [-0.3, -0.25) is 0 Å². The van der Waals surface area contributed by atoms with Crippen molar-refractivity contribution in [3.05, 3.63) is 47.9 Å². The fraction of sp³-hybridized carbons (Fsp3) is 0.333.